The first-order chi connectivity index (χ1) is 9.51. The van der Waals surface area contributed by atoms with E-state index in [0.29, 0.717) is 0 Å². The smallest absolute Gasteiger partial charge is 0.259 e. The van der Waals surface area contributed by atoms with E-state index in [-0.39, 0.29) is 26.8 Å². The van der Waals surface area contributed by atoms with Gasteiger partial charge in [-0.05, 0) is 39.7 Å². The molecule has 0 radical (unpaired) electrons. The molecule has 1 amide bonds. The summed E-state index contributed by atoms with van der Waals surface area (Å²) in [6, 6.07) is 7.33. The molecule has 0 atom stereocenters. The van der Waals surface area contributed by atoms with Crippen molar-refractivity contribution < 1.29 is 9.18 Å². The lowest BCUT2D eigenvalue weighted by molar-refractivity contribution is 0.102. The van der Waals surface area contributed by atoms with Gasteiger partial charge in [0.25, 0.3) is 5.91 Å². The fraction of sp³-hybridized carbons (Fsp3) is 0. The molecule has 2 aromatic rings. The Hall–Kier alpha value is -2.04. The molecule has 2 rings (SSSR count). The van der Waals surface area contributed by atoms with Crippen LogP contribution in [0.25, 0.3) is 0 Å². The van der Waals surface area contributed by atoms with Crippen molar-refractivity contribution in [2.75, 3.05) is 5.32 Å². The molecule has 1 N–H and O–H groups in total. The molecule has 20 heavy (non-hydrogen) atoms. The second-order valence-corrected chi connectivity index (χ2v) is 4.77. The highest BCUT2D eigenvalue weighted by Gasteiger charge is 2.15. The zero-order valence-corrected chi connectivity index (χ0v) is 12.0. The second kappa shape index (κ2) is 5.94. The summed E-state index contributed by atoms with van der Waals surface area (Å²) in [7, 11) is 0. The van der Waals surface area contributed by atoms with Crippen molar-refractivity contribution in [2.24, 2.45) is 0 Å². The quantitative estimate of drug-likeness (QED) is 0.839. The van der Waals surface area contributed by atoms with Gasteiger partial charge in [0.15, 0.2) is 0 Å². The normalized spacial score (nSPS) is 9.90. The Labute approximate surface area is 126 Å². The SMILES string of the molecule is N#Cc1cc(NC(=O)c2cccc(Br)c2F)nc(Cl)n1. The number of nitrogens with zero attached hydrogens (tertiary/aromatic N) is 3. The summed E-state index contributed by atoms with van der Waals surface area (Å²) < 4.78 is 13.9. The van der Waals surface area contributed by atoms with Crippen LogP contribution in [0.1, 0.15) is 16.1 Å². The van der Waals surface area contributed by atoms with Gasteiger partial charge in [-0.2, -0.15) is 5.26 Å². The van der Waals surface area contributed by atoms with E-state index in [1.54, 1.807) is 6.07 Å². The number of carbonyl (C=O) groups excluding carboxylic acids is 1. The van der Waals surface area contributed by atoms with Crippen molar-refractivity contribution >= 4 is 39.3 Å². The molecule has 100 valence electrons. The molecule has 0 aliphatic heterocycles. The summed E-state index contributed by atoms with van der Waals surface area (Å²) in [5.74, 6) is -1.38. The number of amides is 1. The highest BCUT2D eigenvalue weighted by Crippen LogP contribution is 2.19. The van der Waals surface area contributed by atoms with Crippen LogP contribution >= 0.6 is 27.5 Å². The van der Waals surface area contributed by atoms with E-state index in [1.807, 2.05) is 0 Å². The van der Waals surface area contributed by atoms with E-state index in [4.69, 9.17) is 16.9 Å². The van der Waals surface area contributed by atoms with Crippen molar-refractivity contribution in [3.63, 3.8) is 0 Å². The fourth-order valence-electron chi connectivity index (χ4n) is 1.40. The first kappa shape index (κ1) is 14.4. The Balaban J connectivity index is 2.31. The van der Waals surface area contributed by atoms with E-state index in [2.05, 4.69) is 31.2 Å². The maximum absolute atomic E-state index is 13.8. The fourth-order valence-corrected chi connectivity index (χ4v) is 1.95. The number of aromatic nitrogens is 2. The van der Waals surface area contributed by atoms with Gasteiger partial charge in [-0.15, -0.1) is 0 Å². The number of benzene rings is 1. The van der Waals surface area contributed by atoms with Crippen molar-refractivity contribution in [1.29, 1.82) is 5.26 Å². The van der Waals surface area contributed by atoms with Gasteiger partial charge in [-0.1, -0.05) is 6.07 Å². The number of hydrogen-bond donors (Lipinski definition) is 1. The van der Waals surface area contributed by atoms with Crippen LogP contribution in [0.2, 0.25) is 5.28 Å². The Morgan fingerprint density at radius 3 is 2.90 bits per heavy atom. The molecular formula is C12H5BrClFN4O. The lowest BCUT2D eigenvalue weighted by Crippen LogP contribution is -2.15. The minimum absolute atomic E-state index is 0.00462. The van der Waals surface area contributed by atoms with Crippen LogP contribution < -0.4 is 5.32 Å². The van der Waals surface area contributed by atoms with E-state index in [0.717, 1.165) is 0 Å². The third-order valence-electron chi connectivity index (χ3n) is 2.25. The van der Waals surface area contributed by atoms with Gasteiger partial charge in [0.05, 0.1) is 10.0 Å². The third kappa shape index (κ3) is 3.10. The van der Waals surface area contributed by atoms with E-state index < -0.39 is 11.7 Å². The van der Waals surface area contributed by atoms with Crippen molar-refractivity contribution in [2.45, 2.75) is 0 Å². The average molecular weight is 356 g/mol. The first-order valence-corrected chi connectivity index (χ1v) is 6.38. The van der Waals surface area contributed by atoms with Crippen molar-refractivity contribution in [3.8, 4) is 6.07 Å². The summed E-state index contributed by atoms with van der Waals surface area (Å²) >= 11 is 8.60. The Bertz CT molecular complexity index is 732. The number of rotatable bonds is 2. The zero-order valence-electron chi connectivity index (χ0n) is 9.69. The minimum atomic E-state index is -0.706. The summed E-state index contributed by atoms with van der Waals surface area (Å²) in [4.78, 5) is 19.3. The number of nitriles is 1. The standard InChI is InChI=1S/C12H5BrClFN4O/c13-8-3-1-2-7(10(8)15)11(20)18-9-4-6(5-16)17-12(14)19-9/h1-4H,(H,17,18,19,20). The molecule has 1 aromatic carbocycles. The van der Waals surface area contributed by atoms with Gasteiger partial charge in [-0.3, -0.25) is 4.79 Å². The minimum Gasteiger partial charge on any atom is -0.306 e. The number of anilines is 1. The Morgan fingerprint density at radius 1 is 1.45 bits per heavy atom. The predicted molar refractivity (Wildman–Crippen MR) is 73.8 cm³/mol. The second-order valence-electron chi connectivity index (χ2n) is 3.57. The van der Waals surface area contributed by atoms with Crippen LogP contribution in [0.4, 0.5) is 10.2 Å². The topological polar surface area (TPSA) is 78.7 Å². The molecule has 1 aromatic heterocycles. The summed E-state index contributed by atoms with van der Waals surface area (Å²) in [6.45, 7) is 0. The third-order valence-corrected chi connectivity index (χ3v) is 3.03. The molecule has 1 heterocycles. The zero-order chi connectivity index (χ0) is 14.7. The predicted octanol–water partition coefficient (Wildman–Crippen LogP) is 3.16. The molecule has 0 bridgehead atoms. The molecule has 0 saturated heterocycles. The molecule has 8 heteroatoms. The monoisotopic (exact) mass is 354 g/mol. The largest absolute Gasteiger partial charge is 0.306 e. The number of carbonyl (C=O) groups is 1. The van der Waals surface area contributed by atoms with E-state index in [9.17, 15) is 9.18 Å². The molecule has 0 unspecified atom stereocenters. The lowest BCUT2D eigenvalue weighted by Gasteiger charge is -2.06. The van der Waals surface area contributed by atoms with Crippen LogP contribution in [0, 0.1) is 17.1 Å². The molecule has 0 aliphatic carbocycles. The van der Waals surface area contributed by atoms with Crippen LogP contribution in [-0.2, 0) is 0 Å². The van der Waals surface area contributed by atoms with Gasteiger partial charge in [0, 0.05) is 6.07 Å². The maximum atomic E-state index is 13.8. The van der Waals surface area contributed by atoms with Crippen LogP contribution in [0.15, 0.2) is 28.7 Å². The first-order valence-electron chi connectivity index (χ1n) is 5.21. The van der Waals surface area contributed by atoms with Crippen LogP contribution in [0.3, 0.4) is 0 Å². The lowest BCUT2D eigenvalue weighted by atomic mass is 10.2. The molecule has 5 nitrogen and oxygen atoms in total. The molecule has 0 spiro atoms. The maximum Gasteiger partial charge on any atom is 0.259 e. The van der Waals surface area contributed by atoms with Crippen LogP contribution in [0.5, 0.6) is 0 Å². The molecule has 0 fully saturated rings. The van der Waals surface area contributed by atoms with Crippen molar-refractivity contribution in [1.82, 2.24) is 9.97 Å². The number of nitrogens with one attached hydrogen (secondary N) is 1. The Kier molecular flexibility index (Phi) is 4.27. The number of halogens is 3. The average Bonchev–Trinajstić information content (AvgIpc) is 2.41. The van der Waals surface area contributed by atoms with Gasteiger partial charge in [0.1, 0.15) is 23.4 Å². The summed E-state index contributed by atoms with van der Waals surface area (Å²) in [5, 5.41) is 10.9. The molecule has 0 aliphatic rings. The van der Waals surface area contributed by atoms with Gasteiger partial charge in [-0.25, -0.2) is 14.4 Å². The molecular weight excluding hydrogens is 351 g/mol. The van der Waals surface area contributed by atoms with Gasteiger partial charge >= 0.3 is 0 Å². The van der Waals surface area contributed by atoms with E-state index in [1.165, 1.54) is 24.3 Å². The summed E-state index contributed by atoms with van der Waals surface area (Å²) in [6.07, 6.45) is 0. The Morgan fingerprint density at radius 2 is 2.20 bits per heavy atom. The van der Waals surface area contributed by atoms with Crippen LogP contribution in [-0.4, -0.2) is 15.9 Å². The van der Waals surface area contributed by atoms with E-state index >= 15 is 0 Å². The highest BCUT2D eigenvalue weighted by atomic mass is 79.9. The van der Waals surface area contributed by atoms with Gasteiger partial charge in [0.2, 0.25) is 5.28 Å². The van der Waals surface area contributed by atoms with Gasteiger partial charge < -0.3 is 5.32 Å². The highest BCUT2D eigenvalue weighted by molar-refractivity contribution is 9.10. The molecule has 0 saturated carbocycles. The summed E-state index contributed by atoms with van der Waals surface area (Å²) in [5.41, 5.74) is -0.164. The van der Waals surface area contributed by atoms with Crippen molar-refractivity contribution in [3.05, 3.63) is 51.1 Å². The number of hydrogen-bond acceptors (Lipinski definition) is 4.